The van der Waals surface area contributed by atoms with Crippen molar-refractivity contribution in [3.63, 3.8) is 0 Å². The van der Waals surface area contributed by atoms with Crippen LogP contribution in [-0.2, 0) is 0 Å². The van der Waals surface area contributed by atoms with E-state index >= 15 is 0 Å². The molecule has 0 atom stereocenters. The second kappa shape index (κ2) is 3.20. The molecule has 2 rings (SSSR count). The molecule has 0 aliphatic carbocycles. The lowest BCUT2D eigenvalue weighted by molar-refractivity contribution is 1.55. The van der Waals surface area contributed by atoms with Crippen molar-refractivity contribution in [2.75, 3.05) is 0 Å². The van der Waals surface area contributed by atoms with E-state index in [0.29, 0.717) is 0 Å². The van der Waals surface area contributed by atoms with Crippen molar-refractivity contribution in [1.82, 2.24) is 0 Å². The number of hydrogen-bond acceptors (Lipinski definition) is 1. The Morgan fingerprint density at radius 1 is 0.917 bits per heavy atom. The van der Waals surface area contributed by atoms with Crippen molar-refractivity contribution in [3.8, 4) is 0 Å². The zero-order chi connectivity index (χ0) is 8.39. The van der Waals surface area contributed by atoms with Crippen LogP contribution in [-0.4, -0.2) is 0 Å². The van der Waals surface area contributed by atoms with Crippen molar-refractivity contribution in [2.24, 2.45) is 0 Å². The molecular formula is C11H9S. The molecule has 1 heteroatoms. The molecule has 0 fully saturated rings. The lowest BCUT2D eigenvalue weighted by Gasteiger charge is -2.01. The van der Waals surface area contributed by atoms with Gasteiger partial charge in [-0.05, 0) is 16.8 Å². The molecule has 0 saturated heterocycles. The van der Waals surface area contributed by atoms with Crippen molar-refractivity contribution >= 4 is 22.5 Å². The van der Waals surface area contributed by atoms with Gasteiger partial charge in [0.1, 0.15) is 0 Å². The molecular weight excluding hydrogens is 164 g/mol. The second-order valence-electron chi connectivity index (χ2n) is 2.62. The van der Waals surface area contributed by atoms with Gasteiger partial charge in [0, 0.05) is 11.2 Å². The Kier molecular flexibility index (Phi) is 2.05. The van der Waals surface area contributed by atoms with E-state index in [0.717, 1.165) is 0 Å². The highest BCUT2D eigenvalue weighted by Gasteiger charge is 1.96. The van der Waals surface area contributed by atoms with Gasteiger partial charge < -0.3 is 0 Å². The summed E-state index contributed by atoms with van der Waals surface area (Å²) in [5, 5.41) is 2.58. The third-order valence-corrected chi connectivity index (χ3v) is 2.57. The third-order valence-electron chi connectivity index (χ3n) is 1.91. The Balaban J connectivity index is 2.79. The van der Waals surface area contributed by atoms with Crippen LogP contribution in [0.1, 0.15) is 0 Å². The highest BCUT2D eigenvalue weighted by molar-refractivity contribution is 8.00. The number of rotatable bonds is 1. The lowest BCUT2D eigenvalue weighted by Crippen LogP contribution is -1.74. The minimum atomic E-state index is 1.24. The largest absolute Gasteiger partial charge is 0.125 e. The van der Waals surface area contributed by atoms with Gasteiger partial charge in [0.15, 0.2) is 0 Å². The van der Waals surface area contributed by atoms with E-state index in [1.807, 2.05) is 0 Å². The molecule has 0 unspecified atom stereocenters. The minimum absolute atomic E-state index is 1.24. The van der Waals surface area contributed by atoms with Gasteiger partial charge >= 0.3 is 0 Å². The third kappa shape index (κ3) is 1.21. The van der Waals surface area contributed by atoms with Crippen LogP contribution in [0.4, 0.5) is 0 Å². The van der Waals surface area contributed by atoms with Crippen LogP contribution in [0.15, 0.2) is 47.4 Å². The van der Waals surface area contributed by atoms with Gasteiger partial charge in [0.2, 0.25) is 0 Å². The zero-order valence-corrected chi connectivity index (χ0v) is 7.47. The Bertz CT molecular complexity index is 388. The maximum atomic E-state index is 3.82. The fourth-order valence-electron chi connectivity index (χ4n) is 1.32. The molecule has 0 aliphatic rings. The summed E-state index contributed by atoms with van der Waals surface area (Å²) in [4.78, 5) is 1.24. The van der Waals surface area contributed by atoms with E-state index < -0.39 is 0 Å². The fraction of sp³-hybridized carbons (Fsp3) is 0. The van der Waals surface area contributed by atoms with Crippen LogP contribution in [0.5, 0.6) is 0 Å². The number of fused-ring (bicyclic) bond motifs is 1. The molecule has 12 heavy (non-hydrogen) atoms. The molecule has 0 N–H and O–H groups in total. The first kappa shape index (κ1) is 7.69. The number of hydrogen-bond donors (Lipinski definition) is 0. The van der Waals surface area contributed by atoms with Crippen LogP contribution in [0.2, 0.25) is 0 Å². The fourth-order valence-corrected chi connectivity index (χ4v) is 1.84. The standard InChI is InChI=1S/C11H9S/c1-12-11-8-4-6-9-5-2-3-7-10(9)11/h2-8H,1H2. The topological polar surface area (TPSA) is 0 Å². The SMILES string of the molecule is [CH2]Sc1cccc2ccccc12. The predicted octanol–water partition coefficient (Wildman–Crippen LogP) is 3.72. The van der Waals surface area contributed by atoms with Crippen molar-refractivity contribution in [3.05, 3.63) is 48.7 Å². The molecule has 0 aromatic heterocycles. The summed E-state index contributed by atoms with van der Waals surface area (Å²) < 4.78 is 0. The molecule has 0 spiro atoms. The van der Waals surface area contributed by atoms with Crippen molar-refractivity contribution < 1.29 is 0 Å². The van der Waals surface area contributed by atoms with E-state index in [4.69, 9.17) is 0 Å². The number of benzene rings is 2. The molecule has 0 heterocycles. The summed E-state index contributed by atoms with van der Waals surface area (Å²) in [7, 11) is 0. The summed E-state index contributed by atoms with van der Waals surface area (Å²) in [6.45, 7) is 0. The first-order chi connectivity index (χ1) is 5.92. The molecule has 0 nitrogen and oxygen atoms in total. The first-order valence-electron chi connectivity index (χ1n) is 3.81. The average Bonchev–Trinajstić information content (AvgIpc) is 2.17. The summed E-state index contributed by atoms with van der Waals surface area (Å²) in [5.41, 5.74) is 0. The van der Waals surface area contributed by atoms with Crippen LogP contribution in [0.3, 0.4) is 0 Å². The Hall–Kier alpha value is -0.950. The highest BCUT2D eigenvalue weighted by atomic mass is 32.2. The number of thioether (sulfide) groups is 1. The Labute approximate surface area is 76.6 Å². The van der Waals surface area contributed by atoms with E-state index in [2.05, 4.69) is 48.7 Å². The van der Waals surface area contributed by atoms with Crippen LogP contribution in [0, 0.1) is 6.26 Å². The van der Waals surface area contributed by atoms with Gasteiger partial charge in [-0.15, -0.1) is 11.8 Å². The van der Waals surface area contributed by atoms with Crippen LogP contribution < -0.4 is 0 Å². The van der Waals surface area contributed by atoms with Gasteiger partial charge in [0.25, 0.3) is 0 Å². The van der Waals surface area contributed by atoms with Gasteiger partial charge in [-0.3, -0.25) is 0 Å². The summed E-state index contributed by atoms with van der Waals surface area (Å²) in [6, 6.07) is 14.6. The van der Waals surface area contributed by atoms with Crippen LogP contribution >= 0.6 is 11.8 Å². The quantitative estimate of drug-likeness (QED) is 0.592. The van der Waals surface area contributed by atoms with E-state index in [1.54, 1.807) is 11.8 Å². The molecule has 2 aromatic carbocycles. The molecule has 0 aliphatic heterocycles. The van der Waals surface area contributed by atoms with Crippen molar-refractivity contribution in [2.45, 2.75) is 4.90 Å². The maximum absolute atomic E-state index is 3.82. The Morgan fingerprint density at radius 2 is 1.67 bits per heavy atom. The second-order valence-corrected chi connectivity index (χ2v) is 3.35. The molecule has 1 radical (unpaired) electrons. The zero-order valence-electron chi connectivity index (χ0n) is 6.66. The van der Waals surface area contributed by atoms with E-state index in [9.17, 15) is 0 Å². The molecule has 0 bridgehead atoms. The van der Waals surface area contributed by atoms with E-state index in [-0.39, 0.29) is 0 Å². The summed E-state index contributed by atoms with van der Waals surface area (Å²) in [6.07, 6.45) is 3.82. The van der Waals surface area contributed by atoms with E-state index in [1.165, 1.54) is 15.7 Å². The summed E-state index contributed by atoms with van der Waals surface area (Å²) >= 11 is 1.55. The molecule has 2 aromatic rings. The Morgan fingerprint density at radius 3 is 2.50 bits per heavy atom. The first-order valence-corrected chi connectivity index (χ1v) is 4.80. The lowest BCUT2D eigenvalue weighted by atomic mass is 10.1. The predicted molar refractivity (Wildman–Crippen MR) is 55.2 cm³/mol. The average molecular weight is 173 g/mol. The molecule has 0 saturated carbocycles. The van der Waals surface area contributed by atoms with Gasteiger partial charge in [-0.2, -0.15) is 0 Å². The summed E-state index contributed by atoms with van der Waals surface area (Å²) in [5.74, 6) is 0. The van der Waals surface area contributed by atoms with Gasteiger partial charge in [0.05, 0.1) is 0 Å². The highest BCUT2D eigenvalue weighted by Crippen LogP contribution is 2.26. The molecule has 59 valence electrons. The maximum Gasteiger partial charge on any atom is 0.0151 e. The monoisotopic (exact) mass is 173 g/mol. The smallest absolute Gasteiger partial charge is 0.0151 e. The van der Waals surface area contributed by atoms with Gasteiger partial charge in [-0.25, -0.2) is 0 Å². The van der Waals surface area contributed by atoms with Crippen molar-refractivity contribution in [1.29, 1.82) is 0 Å². The minimum Gasteiger partial charge on any atom is -0.125 e. The van der Waals surface area contributed by atoms with Gasteiger partial charge in [-0.1, -0.05) is 36.4 Å². The normalized spacial score (nSPS) is 10.4. The van der Waals surface area contributed by atoms with Crippen LogP contribution in [0.25, 0.3) is 10.8 Å². The molecule has 0 amide bonds.